The Hall–Kier alpha value is -2.88. The third-order valence-corrected chi connectivity index (χ3v) is 4.31. The minimum absolute atomic E-state index is 0.00762. The van der Waals surface area contributed by atoms with E-state index in [-0.39, 0.29) is 36.5 Å². The van der Waals surface area contributed by atoms with Crippen molar-refractivity contribution in [3.8, 4) is 11.5 Å². The van der Waals surface area contributed by atoms with Gasteiger partial charge in [-0.3, -0.25) is 14.5 Å². The monoisotopic (exact) mass is 379 g/mol. The van der Waals surface area contributed by atoms with E-state index >= 15 is 0 Å². The zero-order valence-corrected chi connectivity index (χ0v) is 14.7. The van der Waals surface area contributed by atoms with Crippen molar-refractivity contribution in [2.45, 2.75) is 25.9 Å². The lowest BCUT2D eigenvalue weighted by Gasteiger charge is -2.33. The van der Waals surface area contributed by atoms with E-state index in [0.29, 0.717) is 19.6 Å². The van der Waals surface area contributed by atoms with Crippen molar-refractivity contribution in [1.82, 2.24) is 25.7 Å². The molecule has 27 heavy (non-hydrogen) atoms. The van der Waals surface area contributed by atoms with Crippen molar-refractivity contribution < 1.29 is 22.9 Å². The predicted molar refractivity (Wildman–Crippen MR) is 90.2 cm³/mol. The first-order chi connectivity index (χ1) is 13.0. The summed E-state index contributed by atoms with van der Waals surface area (Å²) in [5.74, 6) is -2.43. The minimum atomic E-state index is -0.822. The van der Waals surface area contributed by atoms with Gasteiger partial charge in [0.25, 0.3) is 5.89 Å². The van der Waals surface area contributed by atoms with Gasteiger partial charge in [-0.15, -0.1) is 0 Å². The second-order valence-electron chi connectivity index (χ2n) is 6.03. The molecule has 1 aliphatic rings. The molecule has 2 N–H and O–H groups in total. The molecule has 2 aromatic rings. The highest BCUT2D eigenvalue weighted by molar-refractivity contribution is 5.88. The van der Waals surface area contributed by atoms with E-state index in [9.17, 15) is 18.4 Å². The van der Waals surface area contributed by atoms with Crippen molar-refractivity contribution in [1.29, 1.82) is 0 Å². The lowest BCUT2D eigenvalue weighted by molar-refractivity contribution is -0.133. The Morgan fingerprint density at radius 2 is 2.15 bits per heavy atom. The SMILES string of the molecule is CCN1CCNC(=O)C1CC(=O)NCc1noc(-c2c(F)cccc2F)n1. The van der Waals surface area contributed by atoms with Crippen molar-refractivity contribution in [2.75, 3.05) is 19.6 Å². The fraction of sp³-hybridized carbons (Fsp3) is 0.412. The Kier molecular flexibility index (Phi) is 5.75. The summed E-state index contributed by atoms with van der Waals surface area (Å²) in [5.41, 5.74) is -0.417. The normalized spacial score (nSPS) is 17.6. The Labute approximate surface area is 153 Å². The fourth-order valence-electron chi connectivity index (χ4n) is 2.92. The molecular weight excluding hydrogens is 360 g/mol. The number of nitrogens with one attached hydrogen (secondary N) is 2. The van der Waals surface area contributed by atoms with Crippen LogP contribution in [0.5, 0.6) is 0 Å². The van der Waals surface area contributed by atoms with Gasteiger partial charge >= 0.3 is 0 Å². The highest BCUT2D eigenvalue weighted by atomic mass is 19.1. The lowest BCUT2D eigenvalue weighted by Crippen LogP contribution is -2.56. The molecule has 1 atom stereocenters. The molecule has 0 saturated carbocycles. The predicted octanol–water partition coefficient (Wildman–Crippen LogP) is 0.841. The minimum Gasteiger partial charge on any atom is -0.353 e. The molecule has 0 bridgehead atoms. The summed E-state index contributed by atoms with van der Waals surface area (Å²) in [6, 6.07) is 2.86. The number of carbonyl (C=O) groups is 2. The van der Waals surface area contributed by atoms with E-state index in [1.165, 1.54) is 6.07 Å². The van der Waals surface area contributed by atoms with Crippen LogP contribution in [0, 0.1) is 11.6 Å². The van der Waals surface area contributed by atoms with Gasteiger partial charge in [-0.05, 0) is 18.7 Å². The smallest absolute Gasteiger partial charge is 0.263 e. The van der Waals surface area contributed by atoms with Gasteiger partial charge < -0.3 is 15.2 Å². The number of piperazine rings is 1. The number of amides is 2. The molecule has 2 heterocycles. The van der Waals surface area contributed by atoms with E-state index in [1.54, 1.807) is 0 Å². The Balaban J connectivity index is 1.60. The highest BCUT2D eigenvalue weighted by Crippen LogP contribution is 2.24. The zero-order chi connectivity index (χ0) is 19.4. The number of benzene rings is 1. The van der Waals surface area contributed by atoms with Crippen LogP contribution in [0.1, 0.15) is 19.2 Å². The van der Waals surface area contributed by atoms with Crippen LogP contribution in [0.25, 0.3) is 11.5 Å². The molecule has 1 unspecified atom stereocenters. The molecule has 2 amide bonds. The summed E-state index contributed by atoms with van der Waals surface area (Å²) >= 11 is 0. The van der Waals surface area contributed by atoms with Gasteiger partial charge in [-0.2, -0.15) is 4.98 Å². The molecule has 3 rings (SSSR count). The maximum atomic E-state index is 13.7. The summed E-state index contributed by atoms with van der Waals surface area (Å²) in [4.78, 5) is 29.9. The Morgan fingerprint density at radius 3 is 2.85 bits per heavy atom. The number of rotatable bonds is 6. The van der Waals surface area contributed by atoms with Gasteiger partial charge in [0, 0.05) is 13.1 Å². The second kappa shape index (κ2) is 8.21. The molecule has 1 fully saturated rings. The number of carbonyl (C=O) groups excluding carboxylic acids is 2. The van der Waals surface area contributed by atoms with Crippen LogP contribution in [0.4, 0.5) is 8.78 Å². The molecule has 10 heteroatoms. The molecule has 1 aromatic carbocycles. The third-order valence-electron chi connectivity index (χ3n) is 4.31. The first-order valence-electron chi connectivity index (χ1n) is 8.55. The first-order valence-corrected chi connectivity index (χ1v) is 8.55. The summed E-state index contributed by atoms with van der Waals surface area (Å²) in [6.45, 7) is 3.74. The Bertz CT molecular complexity index is 821. The van der Waals surface area contributed by atoms with E-state index in [1.807, 2.05) is 11.8 Å². The molecule has 1 aliphatic heterocycles. The van der Waals surface area contributed by atoms with Gasteiger partial charge in [0.2, 0.25) is 11.8 Å². The van der Waals surface area contributed by atoms with Crippen molar-refractivity contribution >= 4 is 11.8 Å². The number of aromatic nitrogens is 2. The van der Waals surface area contributed by atoms with Crippen LogP contribution in [0.3, 0.4) is 0 Å². The van der Waals surface area contributed by atoms with Crippen molar-refractivity contribution in [2.24, 2.45) is 0 Å². The van der Waals surface area contributed by atoms with Gasteiger partial charge in [0.1, 0.15) is 17.2 Å². The van der Waals surface area contributed by atoms with Crippen LogP contribution in [0.15, 0.2) is 22.7 Å². The third kappa shape index (κ3) is 4.27. The molecule has 8 nitrogen and oxygen atoms in total. The van der Waals surface area contributed by atoms with Gasteiger partial charge in [-0.25, -0.2) is 8.78 Å². The van der Waals surface area contributed by atoms with Crippen LogP contribution >= 0.6 is 0 Å². The summed E-state index contributed by atoms with van der Waals surface area (Å²) < 4.78 is 32.4. The molecule has 144 valence electrons. The van der Waals surface area contributed by atoms with Crippen LogP contribution < -0.4 is 10.6 Å². The standard InChI is InChI=1S/C17H19F2N5O3/c1-2-24-7-6-20-16(26)12(24)8-14(25)21-9-13-22-17(27-23-13)15-10(18)4-3-5-11(15)19/h3-5,12H,2,6-9H2,1H3,(H,20,26)(H,21,25). The summed E-state index contributed by atoms with van der Waals surface area (Å²) in [7, 11) is 0. The van der Waals surface area contributed by atoms with Crippen LogP contribution in [-0.2, 0) is 16.1 Å². The van der Waals surface area contributed by atoms with Gasteiger partial charge in [0.05, 0.1) is 19.0 Å². The Morgan fingerprint density at radius 1 is 1.41 bits per heavy atom. The first kappa shape index (κ1) is 18.9. The number of hydrogen-bond donors (Lipinski definition) is 2. The van der Waals surface area contributed by atoms with E-state index in [2.05, 4.69) is 20.8 Å². The zero-order valence-electron chi connectivity index (χ0n) is 14.7. The maximum absolute atomic E-state index is 13.7. The van der Waals surface area contributed by atoms with Crippen molar-refractivity contribution in [3.63, 3.8) is 0 Å². The average Bonchev–Trinajstić information content (AvgIpc) is 3.10. The van der Waals surface area contributed by atoms with Gasteiger partial charge in [-0.1, -0.05) is 18.1 Å². The van der Waals surface area contributed by atoms with E-state index in [0.717, 1.165) is 12.1 Å². The maximum Gasteiger partial charge on any atom is 0.263 e. The second-order valence-corrected chi connectivity index (χ2v) is 6.03. The highest BCUT2D eigenvalue weighted by Gasteiger charge is 2.30. The van der Waals surface area contributed by atoms with Crippen LogP contribution in [0.2, 0.25) is 0 Å². The average molecular weight is 379 g/mol. The molecule has 0 radical (unpaired) electrons. The summed E-state index contributed by atoms with van der Waals surface area (Å²) in [6.07, 6.45) is -0.00762. The van der Waals surface area contributed by atoms with E-state index < -0.39 is 23.2 Å². The number of nitrogens with zero attached hydrogens (tertiary/aromatic N) is 3. The molecule has 1 aromatic heterocycles. The topological polar surface area (TPSA) is 100 Å². The van der Waals surface area contributed by atoms with Gasteiger partial charge in [0.15, 0.2) is 5.82 Å². The molecule has 1 saturated heterocycles. The van der Waals surface area contributed by atoms with Crippen molar-refractivity contribution in [3.05, 3.63) is 35.7 Å². The van der Waals surface area contributed by atoms with Crippen LogP contribution in [-0.4, -0.2) is 52.5 Å². The van der Waals surface area contributed by atoms with E-state index in [4.69, 9.17) is 4.52 Å². The summed E-state index contributed by atoms with van der Waals surface area (Å²) in [5, 5.41) is 8.94. The quantitative estimate of drug-likeness (QED) is 0.772. The fourth-order valence-corrected chi connectivity index (χ4v) is 2.92. The lowest BCUT2D eigenvalue weighted by atomic mass is 10.1. The largest absolute Gasteiger partial charge is 0.353 e. The molecular formula is C17H19F2N5O3. The number of halogens is 2. The number of hydrogen-bond acceptors (Lipinski definition) is 6. The molecule has 0 spiro atoms. The number of likely N-dealkylation sites (N-methyl/N-ethyl adjacent to an activating group) is 1. The molecule has 0 aliphatic carbocycles.